The van der Waals surface area contributed by atoms with Crippen molar-refractivity contribution in [1.82, 2.24) is 24.9 Å². The first-order chi connectivity index (χ1) is 16.7. The predicted molar refractivity (Wildman–Crippen MR) is 120 cm³/mol. The molecule has 2 amide bonds. The fourth-order valence-corrected chi connectivity index (χ4v) is 5.30. The Kier molecular flexibility index (Phi) is 6.39. The van der Waals surface area contributed by atoms with Gasteiger partial charge < -0.3 is 19.9 Å². The molecule has 0 saturated carbocycles. The molecule has 0 aliphatic carbocycles. The van der Waals surface area contributed by atoms with Gasteiger partial charge in [-0.1, -0.05) is 11.6 Å². The van der Waals surface area contributed by atoms with Gasteiger partial charge in [0.15, 0.2) is 5.69 Å². The van der Waals surface area contributed by atoms with E-state index < -0.39 is 17.8 Å². The standard InChI is InChI=1S/C23H25ClF3N5O3/c24-18-5-14(4-17(6-18)23(25,26)27)13-35-22(34)30-2-1-3-32-19(12-30)7-20(29-32)21(33)31-10-15-8-28-9-16(15)11-31/h4-7,15-16,28H,1-3,8-13H2. The number of ether oxygens (including phenoxy) is 1. The first-order valence-corrected chi connectivity index (χ1v) is 11.9. The molecule has 2 saturated heterocycles. The fraction of sp³-hybridized carbons (Fsp3) is 0.522. The van der Waals surface area contributed by atoms with Crippen LogP contribution in [0.5, 0.6) is 0 Å². The van der Waals surface area contributed by atoms with Crippen LogP contribution in [-0.4, -0.2) is 64.3 Å². The van der Waals surface area contributed by atoms with Crippen molar-refractivity contribution in [3.63, 3.8) is 0 Å². The van der Waals surface area contributed by atoms with Crippen LogP contribution < -0.4 is 5.32 Å². The largest absolute Gasteiger partial charge is 0.445 e. The lowest BCUT2D eigenvalue weighted by Gasteiger charge is -2.20. The van der Waals surface area contributed by atoms with Gasteiger partial charge in [0.2, 0.25) is 0 Å². The van der Waals surface area contributed by atoms with Crippen molar-refractivity contribution in [3.8, 4) is 0 Å². The van der Waals surface area contributed by atoms with E-state index in [1.54, 1.807) is 10.7 Å². The first-order valence-electron chi connectivity index (χ1n) is 11.5. The Bertz CT molecular complexity index is 1130. The molecule has 5 rings (SSSR count). The topological polar surface area (TPSA) is 79.7 Å². The van der Waals surface area contributed by atoms with Crippen LogP contribution in [0.25, 0.3) is 0 Å². The first kappa shape index (κ1) is 23.9. The summed E-state index contributed by atoms with van der Waals surface area (Å²) >= 11 is 5.81. The summed E-state index contributed by atoms with van der Waals surface area (Å²) < 4.78 is 46.1. The van der Waals surface area contributed by atoms with Crippen LogP contribution in [0.1, 0.15) is 33.7 Å². The summed E-state index contributed by atoms with van der Waals surface area (Å²) in [6, 6.07) is 4.79. The maximum atomic E-state index is 13.0. The molecule has 2 aromatic rings. The molecule has 0 spiro atoms. The molecule has 3 aliphatic heterocycles. The Morgan fingerprint density at radius 3 is 2.54 bits per heavy atom. The number of nitrogens with zero attached hydrogens (tertiary/aromatic N) is 4. The van der Waals surface area contributed by atoms with Crippen molar-refractivity contribution in [3.05, 3.63) is 51.8 Å². The summed E-state index contributed by atoms with van der Waals surface area (Å²) in [5.74, 6) is 0.864. The molecule has 1 aromatic carbocycles. The molecule has 4 heterocycles. The number of aryl methyl sites for hydroxylation is 1. The lowest BCUT2D eigenvalue weighted by atomic mass is 10.0. The van der Waals surface area contributed by atoms with E-state index in [0.717, 1.165) is 38.3 Å². The number of benzene rings is 1. The van der Waals surface area contributed by atoms with E-state index in [1.165, 1.54) is 11.0 Å². The number of hydrogen-bond donors (Lipinski definition) is 1. The third kappa shape index (κ3) is 5.11. The maximum Gasteiger partial charge on any atom is 0.416 e. The number of aromatic nitrogens is 2. The van der Waals surface area contributed by atoms with Crippen LogP contribution in [0.3, 0.4) is 0 Å². The summed E-state index contributed by atoms with van der Waals surface area (Å²) in [7, 11) is 0. The number of carbonyl (C=O) groups is 2. The molecule has 0 radical (unpaired) electrons. The van der Waals surface area contributed by atoms with Crippen LogP contribution in [0.4, 0.5) is 18.0 Å². The monoisotopic (exact) mass is 511 g/mol. The van der Waals surface area contributed by atoms with Crippen molar-refractivity contribution >= 4 is 23.6 Å². The van der Waals surface area contributed by atoms with E-state index >= 15 is 0 Å². The Labute approximate surface area is 204 Å². The van der Waals surface area contributed by atoms with E-state index in [4.69, 9.17) is 16.3 Å². The molecular formula is C23H25ClF3N5O3. The quantitative estimate of drug-likeness (QED) is 0.683. The van der Waals surface area contributed by atoms with Crippen LogP contribution in [0.15, 0.2) is 24.3 Å². The average Bonchev–Trinajstić information content (AvgIpc) is 3.48. The SMILES string of the molecule is O=C(OCc1cc(Cl)cc(C(F)(F)F)c1)N1CCCn2nc(C(=O)N3CC4CNCC4C3)cc2C1. The lowest BCUT2D eigenvalue weighted by Crippen LogP contribution is -2.32. The van der Waals surface area contributed by atoms with Gasteiger partial charge in [-0.25, -0.2) is 4.79 Å². The molecule has 1 aromatic heterocycles. The zero-order valence-corrected chi connectivity index (χ0v) is 19.6. The number of halogens is 4. The second-order valence-electron chi connectivity index (χ2n) is 9.31. The lowest BCUT2D eigenvalue weighted by molar-refractivity contribution is -0.137. The molecule has 35 heavy (non-hydrogen) atoms. The molecular weight excluding hydrogens is 487 g/mol. The number of rotatable bonds is 3. The van der Waals surface area contributed by atoms with Crippen molar-refractivity contribution in [2.24, 2.45) is 11.8 Å². The summed E-state index contributed by atoms with van der Waals surface area (Å²) in [5, 5.41) is 7.76. The number of alkyl halides is 3. The molecule has 3 aliphatic rings. The second-order valence-corrected chi connectivity index (χ2v) is 9.74. The molecule has 2 atom stereocenters. The number of carbonyl (C=O) groups excluding carboxylic acids is 2. The Morgan fingerprint density at radius 1 is 1.09 bits per heavy atom. The summed E-state index contributed by atoms with van der Waals surface area (Å²) in [4.78, 5) is 29.0. The highest BCUT2D eigenvalue weighted by atomic mass is 35.5. The van der Waals surface area contributed by atoms with Gasteiger partial charge in [-0.3, -0.25) is 9.48 Å². The van der Waals surface area contributed by atoms with Gasteiger partial charge in [0, 0.05) is 44.3 Å². The molecule has 2 unspecified atom stereocenters. The molecule has 1 N–H and O–H groups in total. The summed E-state index contributed by atoms with van der Waals surface area (Å²) in [5.41, 5.74) is 0.328. The summed E-state index contributed by atoms with van der Waals surface area (Å²) in [6.07, 6.45) is -4.60. The molecule has 8 nitrogen and oxygen atoms in total. The third-order valence-corrected chi connectivity index (χ3v) is 7.03. The highest BCUT2D eigenvalue weighted by Crippen LogP contribution is 2.32. The highest BCUT2D eigenvalue weighted by Gasteiger charge is 2.39. The van der Waals surface area contributed by atoms with Crippen molar-refractivity contribution in [2.75, 3.05) is 32.7 Å². The van der Waals surface area contributed by atoms with Gasteiger partial charge in [0.25, 0.3) is 5.91 Å². The maximum absolute atomic E-state index is 13.0. The van der Waals surface area contributed by atoms with Crippen molar-refractivity contribution in [1.29, 1.82) is 0 Å². The minimum absolute atomic E-state index is 0.0837. The zero-order chi connectivity index (χ0) is 24.7. The minimum Gasteiger partial charge on any atom is -0.445 e. The molecule has 12 heteroatoms. The average molecular weight is 512 g/mol. The zero-order valence-electron chi connectivity index (χ0n) is 18.9. The van der Waals surface area contributed by atoms with Gasteiger partial charge in [0.05, 0.1) is 17.8 Å². The molecule has 0 bridgehead atoms. The van der Waals surface area contributed by atoms with E-state index in [1.807, 2.05) is 4.90 Å². The molecule has 188 valence electrons. The predicted octanol–water partition coefficient (Wildman–Crippen LogP) is 3.39. The Morgan fingerprint density at radius 2 is 1.83 bits per heavy atom. The Hall–Kier alpha value is -2.79. The van der Waals surface area contributed by atoms with E-state index in [2.05, 4.69) is 10.4 Å². The number of amides is 2. The van der Waals surface area contributed by atoms with Crippen molar-refractivity contribution < 1.29 is 27.5 Å². The van der Waals surface area contributed by atoms with Gasteiger partial charge in [-0.2, -0.15) is 18.3 Å². The minimum atomic E-state index is -4.55. The van der Waals surface area contributed by atoms with Crippen molar-refractivity contribution in [2.45, 2.75) is 32.3 Å². The van der Waals surface area contributed by atoms with E-state index in [0.29, 0.717) is 42.7 Å². The van der Waals surface area contributed by atoms with E-state index in [9.17, 15) is 22.8 Å². The number of likely N-dealkylation sites (tertiary alicyclic amines) is 1. The van der Waals surface area contributed by atoms with Crippen LogP contribution in [0.2, 0.25) is 5.02 Å². The van der Waals surface area contributed by atoms with Gasteiger partial charge in [-0.15, -0.1) is 0 Å². The van der Waals surface area contributed by atoms with Gasteiger partial charge in [-0.05, 0) is 48.1 Å². The third-order valence-electron chi connectivity index (χ3n) is 6.82. The normalized spacial score (nSPS) is 22.1. The van der Waals surface area contributed by atoms with Crippen LogP contribution >= 0.6 is 11.6 Å². The number of fused-ring (bicyclic) bond motifs is 2. The van der Waals surface area contributed by atoms with E-state index in [-0.39, 0.29) is 29.6 Å². The number of hydrogen-bond acceptors (Lipinski definition) is 5. The van der Waals surface area contributed by atoms with Gasteiger partial charge >= 0.3 is 12.3 Å². The second kappa shape index (κ2) is 9.34. The highest BCUT2D eigenvalue weighted by molar-refractivity contribution is 6.30. The van der Waals surface area contributed by atoms with Crippen LogP contribution in [-0.2, 0) is 30.6 Å². The smallest absolute Gasteiger partial charge is 0.416 e. The number of nitrogens with one attached hydrogen (secondary N) is 1. The molecule has 2 fully saturated rings. The fourth-order valence-electron chi connectivity index (χ4n) is 5.04. The Balaban J connectivity index is 1.22. The van der Waals surface area contributed by atoms with Gasteiger partial charge in [0.1, 0.15) is 6.61 Å². The summed E-state index contributed by atoms with van der Waals surface area (Å²) in [6.45, 7) is 4.09. The van der Waals surface area contributed by atoms with Crippen LogP contribution in [0, 0.1) is 11.8 Å².